The lowest BCUT2D eigenvalue weighted by Gasteiger charge is -2.33. The van der Waals surface area contributed by atoms with E-state index in [2.05, 4.69) is 23.0 Å². The molecule has 1 aromatic rings. The van der Waals surface area contributed by atoms with Gasteiger partial charge >= 0.3 is 6.03 Å². The summed E-state index contributed by atoms with van der Waals surface area (Å²) >= 11 is 0. The first-order valence-corrected chi connectivity index (χ1v) is 9.16. The van der Waals surface area contributed by atoms with E-state index in [1.165, 1.54) is 0 Å². The third-order valence-electron chi connectivity index (χ3n) is 5.39. The van der Waals surface area contributed by atoms with Crippen LogP contribution in [0.15, 0.2) is 30.3 Å². The third-order valence-corrected chi connectivity index (χ3v) is 5.39. The molecule has 26 heavy (non-hydrogen) atoms. The number of urea groups is 1. The highest BCUT2D eigenvalue weighted by atomic mass is 16.2. The molecule has 4 amide bonds. The molecular weight excluding hydrogens is 332 g/mol. The maximum absolute atomic E-state index is 12.7. The molecule has 1 aliphatic heterocycles. The molecule has 0 aromatic heterocycles. The Labute approximate surface area is 153 Å². The Morgan fingerprint density at radius 3 is 2.58 bits per heavy atom. The van der Waals surface area contributed by atoms with Crippen molar-refractivity contribution in [1.82, 2.24) is 21.1 Å². The number of rotatable bonds is 5. The van der Waals surface area contributed by atoms with Crippen molar-refractivity contribution in [2.45, 2.75) is 51.1 Å². The van der Waals surface area contributed by atoms with Crippen molar-refractivity contribution in [2.24, 2.45) is 5.92 Å². The number of nitrogens with one attached hydrogen (secondary N) is 3. The van der Waals surface area contributed by atoms with Gasteiger partial charge in [-0.3, -0.25) is 15.0 Å². The van der Waals surface area contributed by atoms with E-state index in [4.69, 9.17) is 0 Å². The number of carbonyl (C=O) groups is 3. The van der Waals surface area contributed by atoms with Gasteiger partial charge in [-0.15, -0.1) is 0 Å². The van der Waals surface area contributed by atoms with Crippen LogP contribution in [0.2, 0.25) is 0 Å². The van der Waals surface area contributed by atoms with Crippen LogP contribution in [0.25, 0.3) is 0 Å². The maximum atomic E-state index is 12.7. The molecule has 0 bridgehead atoms. The number of carbonyl (C=O) groups excluding carboxylic acids is 3. The average Bonchev–Trinajstić information content (AvgIpc) is 2.87. The SMILES string of the molecule is CC1CCC2(CC1)NC(=O)N(NC(=O)CN[C@H](C)c1ccccc1)C2=O. The fraction of sp³-hybridized carbons (Fsp3) is 0.526. The summed E-state index contributed by atoms with van der Waals surface area (Å²) < 4.78 is 0. The predicted molar refractivity (Wildman–Crippen MR) is 96.7 cm³/mol. The van der Waals surface area contributed by atoms with E-state index < -0.39 is 17.5 Å². The van der Waals surface area contributed by atoms with E-state index in [0.29, 0.717) is 18.8 Å². The van der Waals surface area contributed by atoms with Crippen molar-refractivity contribution in [1.29, 1.82) is 0 Å². The number of imide groups is 1. The van der Waals surface area contributed by atoms with E-state index in [0.717, 1.165) is 23.4 Å². The summed E-state index contributed by atoms with van der Waals surface area (Å²) in [6.07, 6.45) is 3.02. The quantitative estimate of drug-likeness (QED) is 0.701. The van der Waals surface area contributed by atoms with Crippen LogP contribution in [0, 0.1) is 5.92 Å². The first-order chi connectivity index (χ1) is 12.4. The van der Waals surface area contributed by atoms with Gasteiger partial charge < -0.3 is 10.6 Å². The predicted octanol–water partition coefficient (Wildman–Crippen LogP) is 1.87. The van der Waals surface area contributed by atoms with E-state index >= 15 is 0 Å². The summed E-state index contributed by atoms with van der Waals surface area (Å²) in [5, 5.41) is 6.73. The third kappa shape index (κ3) is 3.72. The molecule has 7 heteroatoms. The van der Waals surface area contributed by atoms with Crippen molar-refractivity contribution < 1.29 is 14.4 Å². The molecule has 1 saturated heterocycles. The second-order valence-electron chi connectivity index (χ2n) is 7.38. The van der Waals surface area contributed by atoms with Gasteiger partial charge in [-0.1, -0.05) is 37.3 Å². The van der Waals surface area contributed by atoms with Crippen LogP contribution in [-0.4, -0.2) is 34.9 Å². The van der Waals surface area contributed by atoms with E-state index in [1.54, 1.807) is 0 Å². The van der Waals surface area contributed by atoms with E-state index in [-0.39, 0.29) is 18.5 Å². The van der Waals surface area contributed by atoms with Gasteiger partial charge in [0.25, 0.3) is 11.8 Å². The van der Waals surface area contributed by atoms with Crippen molar-refractivity contribution >= 4 is 17.8 Å². The number of hydrogen-bond donors (Lipinski definition) is 3. The Morgan fingerprint density at radius 2 is 1.92 bits per heavy atom. The van der Waals surface area contributed by atoms with Crippen LogP contribution in [-0.2, 0) is 9.59 Å². The monoisotopic (exact) mass is 358 g/mol. The molecule has 1 saturated carbocycles. The van der Waals surface area contributed by atoms with Gasteiger partial charge in [0.2, 0.25) is 0 Å². The molecule has 1 spiro atoms. The molecule has 0 unspecified atom stereocenters. The second-order valence-corrected chi connectivity index (χ2v) is 7.38. The Morgan fingerprint density at radius 1 is 1.27 bits per heavy atom. The minimum Gasteiger partial charge on any atom is -0.322 e. The zero-order valence-corrected chi connectivity index (χ0v) is 15.2. The lowest BCUT2D eigenvalue weighted by atomic mass is 9.77. The van der Waals surface area contributed by atoms with Crippen molar-refractivity contribution in [2.75, 3.05) is 6.54 Å². The van der Waals surface area contributed by atoms with Gasteiger partial charge in [0.1, 0.15) is 5.54 Å². The van der Waals surface area contributed by atoms with Crippen molar-refractivity contribution in [3.8, 4) is 0 Å². The van der Waals surface area contributed by atoms with Crippen LogP contribution < -0.4 is 16.1 Å². The molecule has 2 aliphatic rings. The van der Waals surface area contributed by atoms with Crippen molar-refractivity contribution in [3.63, 3.8) is 0 Å². The number of nitrogens with zero attached hydrogens (tertiary/aromatic N) is 1. The van der Waals surface area contributed by atoms with Crippen LogP contribution >= 0.6 is 0 Å². The first-order valence-electron chi connectivity index (χ1n) is 9.16. The summed E-state index contributed by atoms with van der Waals surface area (Å²) in [4.78, 5) is 37.1. The van der Waals surface area contributed by atoms with E-state index in [9.17, 15) is 14.4 Å². The molecule has 3 N–H and O–H groups in total. The number of amides is 4. The molecule has 140 valence electrons. The fourth-order valence-corrected chi connectivity index (χ4v) is 3.59. The molecule has 1 aromatic carbocycles. The molecule has 1 atom stereocenters. The normalized spacial score (nSPS) is 26.7. The summed E-state index contributed by atoms with van der Waals surface area (Å²) in [5.41, 5.74) is 2.65. The zero-order valence-electron chi connectivity index (χ0n) is 15.2. The number of hydrazine groups is 1. The zero-order chi connectivity index (χ0) is 18.7. The van der Waals surface area contributed by atoms with Gasteiger partial charge in [-0.2, -0.15) is 5.01 Å². The summed E-state index contributed by atoms with van der Waals surface area (Å²) in [7, 11) is 0. The lowest BCUT2D eigenvalue weighted by Crippen LogP contribution is -2.52. The summed E-state index contributed by atoms with van der Waals surface area (Å²) in [6, 6.07) is 9.19. The van der Waals surface area contributed by atoms with Crippen molar-refractivity contribution in [3.05, 3.63) is 35.9 Å². The smallest absolute Gasteiger partial charge is 0.322 e. The first kappa shape index (κ1) is 18.4. The highest BCUT2D eigenvalue weighted by molar-refractivity contribution is 6.08. The van der Waals surface area contributed by atoms with E-state index in [1.807, 2.05) is 37.3 Å². The molecule has 0 radical (unpaired) electrons. The van der Waals surface area contributed by atoms with Crippen LogP contribution in [0.3, 0.4) is 0 Å². The highest BCUT2D eigenvalue weighted by Gasteiger charge is 2.52. The minimum absolute atomic E-state index is 0.0111. The number of benzene rings is 1. The molecule has 7 nitrogen and oxygen atoms in total. The second kappa shape index (κ2) is 7.45. The molecule has 3 rings (SSSR count). The van der Waals surface area contributed by atoms with Crippen LogP contribution in [0.1, 0.15) is 51.1 Å². The summed E-state index contributed by atoms with van der Waals surface area (Å²) in [5.74, 6) is -0.214. The Bertz CT molecular complexity index is 683. The molecule has 2 fully saturated rings. The van der Waals surface area contributed by atoms with Gasteiger partial charge in [-0.05, 0) is 44.1 Å². The minimum atomic E-state index is -0.846. The standard InChI is InChI=1S/C19H26N4O3/c1-13-8-10-19(11-9-13)17(25)23(18(26)21-19)22-16(24)12-20-14(2)15-6-4-3-5-7-15/h3-7,13-14,20H,8-12H2,1-2H3,(H,21,26)(H,22,24)/t13?,14-,19?/m1/s1. The van der Waals surface area contributed by atoms with Gasteiger partial charge in [0.15, 0.2) is 0 Å². The Hall–Kier alpha value is -2.41. The molecular formula is C19H26N4O3. The highest BCUT2D eigenvalue weighted by Crippen LogP contribution is 2.35. The lowest BCUT2D eigenvalue weighted by molar-refractivity contribution is -0.139. The summed E-state index contributed by atoms with van der Waals surface area (Å²) in [6.45, 7) is 4.11. The van der Waals surface area contributed by atoms with Crippen LogP contribution in [0.5, 0.6) is 0 Å². The average molecular weight is 358 g/mol. The molecule has 1 heterocycles. The van der Waals surface area contributed by atoms with Gasteiger partial charge in [0.05, 0.1) is 6.54 Å². The number of hydrogen-bond acceptors (Lipinski definition) is 4. The van der Waals surface area contributed by atoms with Gasteiger partial charge in [0, 0.05) is 6.04 Å². The largest absolute Gasteiger partial charge is 0.344 e. The molecule has 1 aliphatic carbocycles. The Kier molecular flexibility index (Phi) is 5.27. The van der Waals surface area contributed by atoms with Crippen LogP contribution in [0.4, 0.5) is 4.79 Å². The van der Waals surface area contributed by atoms with Gasteiger partial charge in [-0.25, -0.2) is 4.79 Å². The topological polar surface area (TPSA) is 90.5 Å². The fourth-order valence-electron chi connectivity index (χ4n) is 3.59. The maximum Gasteiger partial charge on any atom is 0.344 e. The Balaban J connectivity index is 1.54.